The van der Waals surface area contributed by atoms with E-state index in [4.69, 9.17) is 4.74 Å². The van der Waals surface area contributed by atoms with Gasteiger partial charge in [0, 0.05) is 24.2 Å². The molecular formula is C19H21ClN2O2. The van der Waals surface area contributed by atoms with Gasteiger partial charge in [-0.15, -0.1) is 12.4 Å². The molecule has 1 aliphatic heterocycles. The van der Waals surface area contributed by atoms with Gasteiger partial charge in [0.25, 0.3) is 0 Å². The van der Waals surface area contributed by atoms with E-state index >= 15 is 0 Å². The van der Waals surface area contributed by atoms with E-state index in [0.717, 1.165) is 42.0 Å². The molecule has 0 fully saturated rings. The van der Waals surface area contributed by atoms with Gasteiger partial charge in [-0.2, -0.15) is 0 Å². The largest absolute Gasteiger partial charge is 0.423 e. The quantitative estimate of drug-likeness (QED) is 0.656. The Kier molecular flexibility index (Phi) is 5.99. The van der Waals surface area contributed by atoms with E-state index in [9.17, 15) is 4.79 Å². The van der Waals surface area contributed by atoms with Crippen LogP contribution < -0.4 is 10.1 Å². The Morgan fingerprint density at radius 1 is 1.12 bits per heavy atom. The number of rotatable bonds is 3. The number of hydrogen-bond donors (Lipinski definition) is 1. The van der Waals surface area contributed by atoms with Crippen molar-refractivity contribution in [2.45, 2.75) is 26.7 Å². The van der Waals surface area contributed by atoms with Crippen molar-refractivity contribution < 1.29 is 9.53 Å². The Morgan fingerprint density at radius 3 is 2.54 bits per heavy atom. The average molecular weight is 345 g/mol. The minimum Gasteiger partial charge on any atom is -0.423 e. The fourth-order valence-electron chi connectivity index (χ4n) is 2.51. The van der Waals surface area contributed by atoms with Crippen molar-refractivity contribution in [2.75, 3.05) is 11.9 Å². The first-order valence-electron chi connectivity index (χ1n) is 7.82. The highest BCUT2D eigenvalue weighted by atomic mass is 35.5. The molecule has 1 aliphatic rings. The fraction of sp³-hybridized carbons (Fsp3) is 0.263. The van der Waals surface area contributed by atoms with Crippen LogP contribution in [0.5, 0.6) is 5.75 Å². The maximum Gasteiger partial charge on any atom is 0.343 e. The normalized spacial score (nSPS) is 13.0. The number of anilines is 1. The lowest BCUT2D eigenvalue weighted by Gasteiger charge is -2.13. The van der Waals surface area contributed by atoms with Crippen LogP contribution in [0, 0.1) is 13.8 Å². The van der Waals surface area contributed by atoms with Crippen molar-refractivity contribution in [3.8, 4) is 5.75 Å². The second-order valence-electron chi connectivity index (χ2n) is 5.74. The highest BCUT2D eigenvalue weighted by Gasteiger charge is 2.13. The summed E-state index contributed by atoms with van der Waals surface area (Å²) >= 11 is 0. The van der Waals surface area contributed by atoms with Crippen LogP contribution in [0.1, 0.15) is 34.3 Å². The number of halogens is 1. The maximum atomic E-state index is 12.3. The lowest BCUT2D eigenvalue weighted by molar-refractivity contribution is 0.0733. The van der Waals surface area contributed by atoms with Gasteiger partial charge in [0.15, 0.2) is 0 Å². The molecular weight excluding hydrogens is 324 g/mol. The summed E-state index contributed by atoms with van der Waals surface area (Å²) < 4.78 is 5.56. The molecule has 0 aromatic heterocycles. The first-order valence-corrected chi connectivity index (χ1v) is 7.82. The van der Waals surface area contributed by atoms with Crippen LogP contribution in [0.25, 0.3) is 0 Å². The van der Waals surface area contributed by atoms with Crippen LogP contribution >= 0.6 is 12.4 Å². The zero-order chi connectivity index (χ0) is 16.2. The summed E-state index contributed by atoms with van der Waals surface area (Å²) in [5.74, 6) is 1.22. The minimum atomic E-state index is -0.344. The number of benzene rings is 2. The summed E-state index contributed by atoms with van der Waals surface area (Å²) in [5, 5.41) is 3.33. The SMILES string of the molecule is Cc1ccc(C(=O)Oc2cccc(NC3=NCCC3)c2C)cc1.Cl. The second kappa shape index (κ2) is 7.97. The third-order valence-electron chi connectivity index (χ3n) is 3.93. The van der Waals surface area contributed by atoms with Gasteiger partial charge in [0.05, 0.1) is 5.56 Å². The van der Waals surface area contributed by atoms with E-state index in [1.807, 2.05) is 44.2 Å². The van der Waals surface area contributed by atoms with E-state index in [2.05, 4.69) is 10.3 Å². The molecule has 0 saturated heterocycles. The Bertz CT molecular complexity index is 754. The van der Waals surface area contributed by atoms with Gasteiger partial charge in [-0.25, -0.2) is 4.79 Å². The molecule has 2 aromatic rings. The van der Waals surface area contributed by atoms with Crippen LogP contribution in [0.3, 0.4) is 0 Å². The molecule has 0 aliphatic carbocycles. The van der Waals surface area contributed by atoms with E-state index in [1.54, 1.807) is 12.1 Å². The van der Waals surface area contributed by atoms with Crippen LogP contribution in [0.2, 0.25) is 0 Å². The summed E-state index contributed by atoms with van der Waals surface area (Å²) in [6.45, 7) is 4.80. The summed E-state index contributed by atoms with van der Waals surface area (Å²) in [5.41, 5.74) is 3.50. The average Bonchev–Trinajstić information content (AvgIpc) is 3.05. The van der Waals surface area contributed by atoms with Gasteiger partial charge in [-0.3, -0.25) is 4.99 Å². The number of nitrogens with one attached hydrogen (secondary N) is 1. The summed E-state index contributed by atoms with van der Waals surface area (Å²) in [7, 11) is 0. The lowest BCUT2D eigenvalue weighted by atomic mass is 10.1. The summed E-state index contributed by atoms with van der Waals surface area (Å²) in [6, 6.07) is 13.0. The van der Waals surface area contributed by atoms with E-state index in [1.165, 1.54) is 0 Å². The first-order chi connectivity index (χ1) is 11.1. The number of hydrogen-bond acceptors (Lipinski definition) is 4. The molecule has 1 N–H and O–H groups in total. The summed E-state index contributed by atoms with van der Waals surface area (Å²) in [4.78, 5) is 16.7. The van der Waals surface area contributed by atoms with E-state index in [-0.39, 0.29) is 18.4 Å². The highest BCUT2D eigenvalue weighted by molar-refractivity contribution is 5.97. The second-order valence-corrected chi connectivity index (χ2v) is 5.74. The van der Waals surface area contributed by atoms with Gasteiger partial charge in [-0.05, 0) is 44.5 Å². The molecule has 24 heavy (non-hydrogen) atoms. The number of aliphatic imine (C=N–C) groups is 1. The number of ether oxygens (including phenoxy) is 1. The molecule has 0 radical (unpaired) electrons. The standard InChI is InChI=1S/C19H20N2O2.ClH/c1-13-8-10-15(11-9-13)19(22)23-17-6-3-5-16(14(17)2)21-18-7-4-12-20-18;/h3,5-6,8-11H,4,7,12H2,1-2H3,(H,20,21);1H. The topological polar surface area (TPSA) is 50.7 Å². The molecule has 0 spiro atoms. The van der Waals surface area contributed by atoms with Crippen molar-refractivity contribution in [1.82, 2.24) is 0 Å². The molecule has 5 heteroatoms. The molecule has 3 rings (SSSR count). The van der Waals surface area contributed by atoms with Crippen molar-refractivity contribution >= 4 is 29.9 Å². The van der Waals surface area contributed by atoms with Gasteiger partial charge in [0.2, 0.25) is 0 Å². The minimum absolute atomic E-state index is 0. The van der Waals surface area contributed by atoms with Crippen molar-refractivity contribution in [3.63, 3.8) is 0 Å². The first kappa shape index (κ1) is 18.0. The van der Waals surface area contributed by atoms with Crippen molar-refractivity contribution in [2.24, 2.45) is 4.99 Å². The van der Waals surface area contributed by atoms with Crippen LogP contribution in [-0.2, 0) is 0 Å². The summed E-state index contributed by atoms with van der Waals surface area (Å²) in [6.07, 6.45) is 2.05. The van der Waals surface area contributed by atoms with Gasteiger partial charge < -0.3 is 10.1 Å². The van der Waals surface area contributed by atoms with Crippen molar-refractivity contribution in [3.05, 3.63) is 59.2 Å². The van der Waals surface area contributed by atoms with Gasteiger partial charge in [-0.1, -0.05) is 23.8 Å². The monoisotopic (exact) mass is 344 g/mol. The van der Waals surface area contributed by atoms with Crippen molar-refractivity contribution in [1.29, 1.82) is 0 Å². The molecule has 0 unspecified atom stereocenters. The van der Waals surface area contributed by atoms with Gasteiger partial charge in [0.1, 0.15) is 11.6 Å². The van der Waals surface area contributed by atoms with Crippen LogP contribution in [0.15, 0.2) is 47.5 Å². The molecule has 4 nitrogen and oxygen atoms in total. The lowest BCUT2D eigenvalue weighted by Crippen LogP contribution is -2.12. The number of carbonyl (C=O) groups is 1. The predicted octanol–water partition coefficient (Wildman–Crippen LogP) is 4.55. The maximum absolute atomic E-state index is 12.3. The van der Waals surface area contributed by atoms with E-state index in [0.29, 0.717) is 11.3 Å². The Balaban J connectivity index is 0.00000208. The third kappa shape index (κ3) is 4.15. The number of esters is 1. The molecule has 0 saturated carbocycles. The fourth-order valence-corrected chi connectivity index (χ4v) is 2.51. The van der Waals surface area contributed by atoms with Crippen LogP contribution in [0.4, 0.5) is 5.69 Å². The third-order valence-corrected chi connectivity index (χ3v) is 3.93. The zero-order valence-corrected chi connectivity index (χ0v) is 14.7. The molecule has 0 atom stereocenters. The smallest absolute Gasteiger partial charge is 0.343 e. The number of nitrogens with zero attached hydrogens (tertiary/aromatic N) is 1. The molecule has 0 amide bonds. The highest BCUT2D eigenvalue weighted by Crippen LogP contribution is 2.27. The Morgan fingerprint density at radius 2 is 1.88 bits per heavy atom. The predicted molar refractivity (Wildman–Crippen MR) is 99.7 cm³/mol. The zero-order valence-electron chi connectivity index (χ0n) is 13.8. The van der Waals surface area contributed by atoms with Gasteiger partial charge >= 0.3 is 5.97 Å². The Hall–Kier alpha value is -2.33. The Labute approximate surface area is 148 Å². The molecule has 2 aromatic carbocycles. The molecule has 0 bridgehead atoms. The molecule has 1 heterocycles. The van der Waals surface area contributed by atoms with Crippen LogP contribution in [-0.4, -0.2) is 18.3 Å². The molecule has 126 valence electrons. The van der Waals surface area contributed by atoms with E-state index < -0.39 is 0 Å². The number of amidine groups is 1. The number of carbonyl (C=O) groups excluding carboxylic acids is 1. The number of aryl methyl sites for hydroxylation is 1.